The number of aliphatic imine (C=N–C) groups is 2. The average Bonchev–Trinajstić information content (AvgIpc) is 3.45. The van der Waals surface area contributed by atoms with Gasteiger partial charge in [0.1, 0.15) is 11.8 Å². The Hall–Kier alpha value is -5.03. The van der Waals surface area contributed by atoms with E-state index in [2.05, 4.69) is 44.3 Å². The minimum Gasteiger partial charge on any atom is -0.621 e. The van der Waals surface area contributed by atoms with Gasteiger partial charge in [-0.3, -0.25) is 0 Å². The first kappa shape index (κ1) is 29.0. The number of hydrogen-bond donors (Lipinski definition) is 0. The van der Waals surface area contributed by atoms with E-state index in [4.69, 9.17) is 0 Å². The van der Waals surface area contributed by atoms with Gasteiger partial charge in [-0.15, -0.1) is 23.2 Å². The molecule has 0 saturated carbocycles. The molecule has 41 heavy (non-hydrogen) atoms. The number of hydrogen-bond acceptors (Lipinski definition) is 4. The summed E-state index contributed by atoms with van der Waals surface area (Å²) in [6.45, 7) is 3.57. The Morgan fingerprint density at radius 2 is 0.976 bits per heavy atom. The minimum absolute atomic E-state index is 0. The zero-order valence-corrected chi connectivity index (χ0v) is 25.2. The van der Waals surface area contributed by atoms with Gasteiger partial charge in [0.15, 0.2) is 0 Å². The number of carbonyl (C=O) groups is 2. The van der Waals surface area contributed by atoms with Crippen LogP contribution in [0.5, 0.6) is 0 Å². The number of nitrogens with zero attached hydrogens (tertiary/aromatic N) is 4. The Morgan fingerprint density at radius 1 is 0.561 bits per heavy atom. The van der Waals surface area contributed by atoms with Crippen molar-refractivity contribution in [2.45, 2.75) is 13.8 Å². The van der Waals surface area contributed by atoms with Crippen molar-refractivity contribution >= 4 is 46.0 Å². The largest absolute Gasteiger partial charge is 2.00 e. The summed E-state index contributed by atoms with van der Waals surface area (Å²) < 4.78 is 0. The number of para-hydroxylation sites is 2. The molecule has 0 saturated heterocycles. The molecule has 2 aliphatic rings. The van der Waals surface area contributed by atoms with Crippen LogP contribution in [0.4, 0.5) is 22.7 Å². The quantitative estimate of drug-likeness (QED) is 0.203. The van der Waals surface area contributed by atoms with Crippen LogP contribution in [-0.2, 0) is 30.7 Å². The molecule has 7 heteroatoms. The SMILES string of the molecule is CC#Cc1cccc(N=C2C(=O)[N-]c3ccccc32)c1.CC#Cc1cccc(N=C2C(=O)[N-]c3ccccc32)c1.[W+2]. The van der Waals surface area contributed by atoms with Crippen molar-refractivity contribution in [3.63, 3.8) is 0 Å². The third-order valence-electron chi connectivity index (χ3n) is 5.88. The van der Waals surface area contributed by atoms with Crippen LogP contribution in [0, 0.1) is 23.7 Å². The number of fused-ring (bicyclic) bond motifs is 2. The third kappa shape index (κ3) is 6.76. The standard InChI is InChI=1S/2C17H12N2O.W/c2*1-2-6-12-7-5-8-13(11-12)18-16-14-9-3-4-10-15(14)19-17(16)20;/h2*3-5,7-11H,1H3,(H,18,19,20);/q;;+2/p-2. The maximum atomic E-state index is 11.9. The van der Waals surface area contributed by atoms with Gasteiger partial charge in [0, 0.05) is 11.1 Å². The Bertz CT molecular complexity index is 1700. The molecule has 0 N–H and O–H groups in total. The summed E-state index contributed by atoms with van der Waals surface area (Å²) in [4.78, 5) is 32.7. The van der Waals surface area contributed by atoms with E-state index in [1.807, 2.05) is 97.1 Å². The first-order valence-corrected chi connectivity index (χ1v) is 12.5. The van der Waals surface area contributed by atoms with E-state index in [-0.39, 0.29) is 32.9 Å². The molecule has 0 fully saturated rings. The Balaban J connectivity index is 0.000000184. The molecule has 2 aliphatic heterocycles. The van der Waals surface area contributed by atoms with Gasteiger partial charge in [0.05, 0.1) is 22.8 Å². The number of benzene rings is 4. The topological polar surface area (TPSA) is 87.1 Å². The molecule has 0 atom stereocenters. The van der Waals surface area contributed by atoms with E-state index in [0.717, 1.165) is 22.3 Å². The summed E-state index contributed by atoms with van der Waals surface area (Å²) in [7, 11) is 0. The fraction of sp³-hybridized carbons (Fsp3) is 0.0588. The molecule has 6 nitrogen and oxygen atoms in total. The first-order valence-electron chi connectivity index (χ1n) is 12.5. The van der Waals surface area contributed by atoms with Crippen molar-refractivity contribution in [1.29, 1.82) is 0 Å². The molecule has 0 radical (unpaired) electrons. The maximum absolute atomic E-state index is 11.9. The minimum atomic E-state index is -0.293. The van der Waals surface area contributed by atoms with Crippen LogP contribution in [0.15, 0.2) is 107 Å². The molecule has 0 bridgehead atoms. The summed E-state index contributed by atoms with van der Waals surface area (Å²) in [5.74, 6) is 11.1. The Kier molecular flexibility index (Phi) is 9.43. The summed E-state index contributed by atoms with van der Waals surface area (Å²) in [6.07, 6.45) is 0. The van der Waals surface area contributed by atoms with Crippen LogP contribution in [0.2, 0.25) is 0 Å². The van der Waals surface area contributed by atoms with Crippen LogP contribution in [0.3, 0.4) is 0 Å². The smallest absolute Gasteiger partial charge is 0.621 e. The number of carbonyl (C=O) groups excluding carboxylic acids is 2. The van der Waals surface area contributed by atoms with Crippen molar-refractivity contribution in [2.75, 3.05) is 0 Å². The first-order chi connectivity index (χ1) is 19.6. The van der Waals surface area contributed by atoms with Crippen LogP contribution >= 0.6 is 0 Å². The molecular formula is C34H22N4O2W. The van der Waals surface area contributed by atoms with Gasteiger partial charge in [-0.2, -0.15) is 0 Å². The summed E-state index contributed by atoms with van der Waals surface area (Å²) in [6, 6.07) is 29.8. The fourth-order valence-corrected chi connectivity index (χ4v) is 4.17. The van der Waals surface area contributed by atoms with Gasteiger partial charge in [-0.25, -0.2) is 9.98 Å². The van der Waals surface area contributed by atoms with E-state index in [1.54, 1.807) is 13.8 Å². The summed E-state index contributed by atoms with van der Waals surface area (Å²) in [5, 5.41) is 7.98. The summed E-state index contributed by atoms with van der Waals surface area (Å²) >= 11 is 0. The van der Waals surface area contributed by atoms with E-state index in [0.29, 0.717) is 34.2 Å². The summed E-state index contributed by atoms with van der Waals surface area (Å²) in [5.41, 5.74) is 6.89. The zero-order chi connectivity index (χ0) is 27.9. The van der Waals surface area contributed by atoms with Crippen molar-refractivity contribution in [2.24, 2.45) is 9.98 Å². The molecule has 4 aromatic carbocycles. The van der Waals surface area contributed by atoms with Gasteiger partial charge < -0.3 is 20.2 Å². The average molecular weight is 702 g/mol. The maximum Gasteiger partial charge on any atom is 2.00 e. The molecule has 0 aliphatic carbocycles. The van der Waals surface area contributed by atoms with Crippen LogP contribution in [0.25, 0.3) is 10.6 Å². The van der Waals surface area contributed by atoms with Crippen LogP contribution in [-0.4, -0.2) is 23.2 Å². The van der Waals surface area contributed by atoms with Gasteiger partial charge >= 0.3 is 21.1 Å². The second-order valence-corrected chi connectivity index (χ2v) is 8.64. The van der Waals surface area contributed by atoms with Gasteiger partial charge in [0.2, 0.25) is 0 Å². The normalized spacial score (nSPS) is 14.1. The third-order valence-corrected chi connectivity index (χ3v) is 5.88. The molecule has 2 amide bonds. The molecule has 196 valence electrons. The van der Waals surface area contributed by atoms with Crippen LogP contribution in [0.1, 0.15) is 36.1 Å². The van der Waals surface area contributed by atoms with Gasteiger partial charge in [-0.05, 0) is 61.4 Å². The zero-order valence-electron chi connectivity index (χ0n) is 22.3. The molecular weight excluding hydrogens is 680 g/mol. The van der Waals surface area contributed by atoms with E-state index in [1.165, 1.54) is 0 Å². The number of amides is 2. The predicted octanol–water partition coefficient (Wildman–Crippen LogP) is 7.45. The van der Waals surface area contributed by atoms with E-state index < -0.39 is 0 Å². The molecule has 2 heterocycles. The molecule has 6 rings (SSSR count). The Labute approximate surface area is 253 Å². The molecule has 4 aromatic rings. The second-order valence-electron chi connectivity index (χ2n) is 8.64. The molecule has 0 aromatic heterocycles. The van der Waals surface area contributed by atoms with E-state index in [9.17, 15) is 9.59 Å². The van der Waals surface area contributed by atoms with Gasteiger partial charge in [0.25, 0.3) is 0 Å². The molecule has 0 spiro atoms. The monoisotopic (exact) mass is 702 g/mol. The van der Waals surface area contributed by atoms with Crippen LogP contribution < -0.4 is 0 Å². The van der Waals surface area contributed by atoms with Gasteiger partial charge in [-0.1, -0.05) is 72.5 Å². The van der Waals surface area contributed by atoms with E-state index >= 15 is 0 Å². The van der Waals surface area contributed by atoms with Crippen molar-refractivity contribution in [3.8, 4) is 23.7 Å². The molecule has 0 unspecified atom stereocenters. The Morgan fingerprint density at radius 3 is 1.39 bits per heavy atom. The fourth-order valence-electron chi connectivity index (χ4n) is 4.17. The van der Waals surface area contributed by atoms with Crippen molar-refractivity contribution in [1.82, 2.24) is 0 Å². The van der Waals surface area contributed by atoms with Crippen molar-refractivity contribution < 1.29 is 30.7 Å². The van der Waals surface area contributed by atoms with Crippen molar-refractivity contribution in [3.05, 3.63) is 130 Å². The number of rotatable bonds is 2. The predicted molar refractivity (Wildman–Crippen MR) is 159 cm³/mol. The second kappa shape index (κ2) is 13.4.